The Hall–Kier alpha value is -5.94. The number of nitrogens with two attached hydrogens (primary N) is 1. The van der Waals surface area contributed by atoms with E-state index in [1.165, 1.54) is 36.1 Å². The second-order valence-electron chi connectivity index (χ2n) is 10.9. The number of alkyl halides is 1. The quantitative estimate of drug-likeness (QED) is 0.240. The van der Waals surface area contributed by atoms with E-state index in [2.05, 4.69) is 32.2 Å². The van der Waals surface area contributed by atoms with Gasteiger partial charge >= 0.3 is 0 Å². The molecule has 49 heavy (non-hydrogen) atoms. The highest BCUT2D eigenvalue weighted by Gasteiger charge is 2.40. The van der Waals surface area contributed by atoms with Crippen LogP contribution >= 0.6 is 11.6 Å². The molecule has 1 aliphatic rings. The number of aromatic nitrogens is 4. The van der Waals surface area contributed by atoms with Gasteiger partial charge in [0, 0.05) is 33.5 Å². The highest BCUT2D eigenvalue weighted by molar-refractivity contribution is 6.33. The largest absolute Gasteiger partial charge is 0.479 e. The van der Waals surface area contributed by atoms with Crippen LogP contribution in [-0.2, 0) is 16.1 Å². The number of rotatable bonds is 7. The molecule has 0 spiro atoms. The Labute approximate surface area is 281 Å². The van der Waals surface area contributed by atoms with Crippen LogP contribution in [-0.4, -0.2) is 68.2 Å². The predicted molar refractivity (Wildman–Crippen MR) is 173 cm³/mol. The molecule has 3 aromatic carbocycles. The van der Waals surface area contributed by atoms with Crippen LogP contribution in [0.1, 0.15) is 28.3 Å². The normalized spacial score (nSPS) is 15.5. The van der Waals surface area contributed by atoms with Crippen LogP contribution in [0, 0.1) is 23.5 Å². The molecule has 248 valence electrons. The van der Waals surface area contributed by atoms with Crippen molar-refractivity contribution in [2.45, 2.75) is 25.2 Å². The minimum Gasteiger partial charge on any atom is -0.479 e. The maximum Gasteiger partial charge on any atom is 0.269 e. The third kappa shape index (κ3) is 6.74. The standard InChI is InChI=1S/C34H25ClF3N7O4/c1-49-34-24(37)15-40-28(42-34)12-10-18-9-11-26-22(13-18)31(32(39)47)43-45(26)17-29(46)44-16-19(36)14-27(44)33(48)41-25-8-4-6-21(30(25)38)20-5-2-3-7-23(20)35/h2-9,11,13,15,19,27H,14,16-17H2,1H3,(H2,39,47)(H,41,48)/t19-,27+/m1/s1. The topological polar surface area (TPSA) is 145 Å². The third-order valence-electron chi connectivity index (χ3n) is 7.79. The van der Waals surface area contributed by atoms with Gasteiger partial charge in [-0.2, -0.15) is 14.5 Å². The van der Waals surface area contributed by atoms with Gasteiger partial charge in [0.15, 0.2) is 11.5 Å². The summed E-state index contributed by atoms with van der Waals surface area (Å²) in [6.45, 7) is -0.845. The molecule has 1 fully saturated rings. The summed E-state index contributed by atoms with van der Waals surface area (Å²) in [4.78, 5) is 47.9. The van der Waals surface area contributed by atoms with Crippen LogP contribution in [0.2, 0.25) is 5.02 Å². The lowest BCUT2D eigenvalue weighted by Gasteiger charge is -2.24. The SMILES string of the molecule is COc1nc(C#Cc2ccc3c(c2)c(C(N)=O)nn3CC(=O)N2C[C@H](F)C[C@H]2C(=O)Nc2cccc(-c3ccccc3Cl)c2F)ncc1F. The number of likely N-dealkylation sites (tertiary alicyclic amines) is 1. The van der Waals surface area contributed by atoms with Crippen molar-refractivity contribution in [2.24, 2.45) is 5.73 Å². The van der Waals surface area contributed by atoms with Crippen molar-refractivity contribution in [3.63, 3.8) is 0 Å². The zero-order valence-electron chi connectivity index (χ0n) is 25.6. The van der Waals surface area contributed by atoms with Crippen molar-refractivity contribution in [3.05, 3.63) is 101 Å². The Bertz CT molecular complexity index is 2200. The Kier molecular flexibility index (Phi) is 9.19. The van der Waals surface area contributed by atoms with Crippen molar-refractivity contribution in [2.75, 3.05) is 19.0 Å². The first-order valence-corrected chi connectivity index (χ1v) is 15.1. The van der Waals surface area contributed by atoms with Gasteiger partial charge < -0.3 is 20.7 Å². The van der Waals surface area contributed by atoms with Crippen molar-refractivity contribution >= 4 is 45.9 Å². The first-order chi connectivity index (χ1) is 23.5. The predicted octanol–water partition coefficient (Wildman–Crippen LogP) is 4.51. The van der Waals surface area contributed by atoms with Gasteiger partial charge in [0.05, 0.1) is 31.1 Å². The molecular formula is C34H25ClF3N7O4. The van der Waals surface area contributed by atoms with Gasteiger partial charge in [0.25, 0.3) is 11.8 Å². The second kappa shape index (κ2) is 13.7. The molecule has 0 unspecified atom stereocenters. The fourth-order valence-electron chi connectivity index (χ4n) is 5.50. The molecule has 5 aromatic rings. The molecule has 0 radical (unpaired) electrons. The van der Waals surface area contributed by atoms with Crippen molar-refractivity contribution < 1.29 is 32.3 Å². The molecule has 2 atom stereocenters. The Morgan fingerprint density at radius 1 is 1.08 bits per heavy atom. The number of nitrogens with zero attached hydrogens (tertiary/aromatic N) is 5. The summed E-state index contributed by atoms with van der Waals surface area (Å²) in [5.41, 5.74) is 6.56. The zero-order chi connectivity index (χ0) is 34.8. The van der Waals surface area contributed by atoms with Gasteiger partial charge in [0.2, 0.25) is 23.5 Å². The lowest BCUT2D eigenvalue weighted by molar-refractivity contribution is -0.137. The molecule has 11 nitrogen and oxygen atoms in total. The van der Waals surface area contributed by atoms with Gasteiger partial charge in [-0.05, 0) is 36.3 Å². The lowest BCUT2D eigenvalue weighted by Crippen LogP contribution is -2.44. The minimum atomic E-state index is -1.51. The molecule has 1 aliphatic heterocycles. The summed E-state index contributed by atoms with van der Waals surface area (Å²) in [5, 5.41) is 7.29. The molecule has 2 aromatic heterocycles. The molecule has 3 amide bonds. The molecule has 3 heterocycles. The molecule has 15 heteroatoms. The molecule has 0 saturated carbocycles. The van der Waals surface area contributed by atoms with Crippen molar-refractivity contribution in [1.82, 2.24) is 24.6 Å². The van der Waals surface area contributed by atoms with E-state index in [-0.39, 0.29) is 47.0 Å². The fourth-order valence-corrected chi connectivity index (χ4v) is 5.74. The van der Waals surface area contributed by atoms with E-state index >= 15 is 4.39 Å². The number of primary amides is 1. The number of hydrogen-bond donors (Lipinski definition) is 2. The van der Waals surface area contributed by atoms with E-state index < -0.39 is 48.1 Å². The number of amides is 3. The second-order valence-corrected chi connectivity index (χ2v) is 11.3. The van der Waals surface area contributed by atoms with E-state index in [1.807, 2.05) is 0 Å². The summed E-state index contributed by atoms with van der Waals surface area (Å²) in [6, 6.07) is 14.4. The van der Waals surface area contributed by atoms with Crippen LogP contribution in [0.5, 0.6) is 5.88 Å². The molecule has 0 bridgehead atoms. The number of nitrogens with one attached hydrogen (secondary N) is 1. The van der Waals surface area contributed by atoms with Gasteiger partial charge in [-0.25, -0.2) is 13.8 Å². The number of halogens is 4. The Morgan fingerprint density at radius 2 is 1.86 bits per heavy atom. The Balaban J connectivity index is 1.23. The van der Waals surface area contributed by atoms with Gasteiger partial charge in [0.1, 0.15) is 18.8 Å². The monoisotopic (exact) mass is 687 g/mol. The molecule has 6 rings (SSSR count). The summed E-state index contributed by atoms with van der Waals surface area (Å²) in [7, 11) is 1.25. The summed E-state index contributed by atoms with van der Waals surface area (Å²) in [6.07, 6.45) is -0.898. The smallest absolute Gasteiger partial charge is 0.269 e. The van der Waals surface area contributed by atoms with Crippen molar-refractivity contribution in [3.8, 4) is 28.8 Å². The third-order valence-corrected chi connectivity index (χ3v) is 8.12. The molecule has 0 aliphatic carbocycles. The van der Waals surface area contributed by atoms with Gasteiger partial charge in [-0.1, -0.05) is 47.9 Å². The maximum absolute atomic E-state index is 15.5. The lowest BCUT2D eigenvalue weighted by atomic mass is 10.0. The average molecular weight is 688 g/mol. The van der Waals surface area contributed by atoms with E-state index in [9.17, 15) is 23.2 Å². The van der Waals surface area contributed by atoms with Crippen molar-refractivity contribution in [1.29, 1.82) is 0 Å². The average Bonchev–Trinajstić information content (AvgIpc) is 3.66. The number of anilines is 1. The van der Waals surface area contributed by atoms with Crippen LogP contribution in [0.15, 0.2) is 66.9 Å². The van der Waals surface area contributed by atoms with E-state index in [0.29, 0.717) is 21.7 Å². The van der Waals surface area contributed by atoms with Crippen LogP contribution in [0.3, 0.4) is 0 Å². The number of carbonyl (C=O) groups is 3. The minimum absolute atomic E-state index is 0.0128. The number of hydrogen-bond acceptors (Lipinski definition) is 7. The molecule has 3 N–H and O–H groups in total. The van der Waals surface area contributed by atoms with Gasteiger partial charge in [-0.15, -0.1) is 0 Å². The summed E-state index contributed by atoms with van der Waals surface area (Å²) >= 11 is 6.25. The molecule has 1 saturated heterocycles. The van der Waals surface area contributed by atoms with Gasteiger partial charge in [-0.3, -0.25) is 19.1 Å². The first kappa shape index (κ1) is 33.0. The zero-order valence-corrected chi connectivity index (χ0v) is 26.3. The number of methoxy groups -OCH3 is 1. The number of benzene rings is 3. The molecular weight excluding hydrogens is 663 g/mol. The number of ether oxygens (including phenoxy) is 1. The Morgan fingerprint density at radius 3 is 2.61 bits per heavy atom. The number of carbonyl (C=O) groups excluding carboxylic acids is 3. The highest BCUT2D eigenvalue weighted by atomic mass is 35.5. The maximum atomic E-state index is 15.5. The number of fused-ring (bicyclic) bond motifs is 1. The van der Waals surface area contributed by atoms with Crippen LogP contribution in [0.4, 0.5) is 18.9 Å². The highest BCUT2D eigenvalue weighted by Crippen LogP contribution is 2.33. The van der Waals surface area contributed by atoms with E-state index in [1.54, 1.807) is 36.4 Å². The first-order valence-electron chi connectivity index (χ1n) is 14.7. The summed E-state index contributed by atoms with van der Waals surface area (Å²) < 4.78 is 49.9. The van der Waals surface area contributed by atoms with E-state index in [4.69, 9.17) is 22.1 Å². The van der Waals surface area contributed by atoms with E-state index in [0.717, 1.165) is 11.1 Å². The fraction of sp³-hybridized carbons (Fsp3) is 0.176. The van der Waals surface area contributed by atoms with Crippen LogP contribution < -0.4 is 15.8 Å². The summed E-state index contributed by atoms with van der Waals surface area (Å²) in [5.74, 6) is 1.38. The van der Waals surface area contributed by atoms with Crippen LogP contribution in [0.25, 0.3) is 22.0 Å².